The second-order valence-corrected chi connectivity index (χ2v) is 4.62. The van der Waals surface area contributed by atoms with Crippen molar-refractivity contribution in [3.05, 3.63) is 54.1 Å². The molecule has 0 aliphatic heterocycles. The molecule has 0 radical (unpaired) electrons. The van der Waals surface area contributed by atoms with Crippen LogP contribution in [-0.4, -0.2) is 15.5 Å². The molecule has 1 unspecified atom stereocenters. The van der Waals surface area contributed by atoms with Crippen molar-refractivity contribution >= 4 is 5.97 Å². The summed E-state index contributed by atoms with van der Waals surface area (Å²) in [6.07, 6.45) is 3.60. The topological polar surface area (TPSA) is 44.1 Å². The second-order valence-electron chi connectivity index (χ2n) is 4.62. The molecule has 1 aromatic carbocycles. The maximum Gasteiger partial charge on any atom is 0.310 e. The molecule has 0 N–H and O–H groups in total. The second kappa shape index (κ2) is 6.18. The van der Waals surface area contributed by atoms with Crippen molar-refractivity contribution in [1.29, 1.82) is 0 Å². The molecule has 0 saturated carbocycles. The summed E-state index contributed by atoms with van der Waals surface area (Å²) in [5, 5.41) is 0. The number of aromatic nitrogens is 2. The van der Waals surface area contributed by atoms with Gasteiger partial charge in [-0.25, -0.2) is 4.98 Å². The Kier molecular flexibility index (Phi) is 4.34. The van der Waals surface area contributed by atoms with Crippen LogP contribution in [0.25, 0.3) is 0 Å². The molecule has 0 saturated heterocycles. The third kappa shape index (κ3) is 3.68. The van der Waals surface area contributed by atoms with Crippen LogP contribution >= 0.6 is 0 Å². The average Bonchev–Trinajstić information content (AvgIpc) is 2.82. The number of carbonyl (C=O) groups is 1. The van der Waals surface area contributed by atoms with Gasteiger partial charge in [-0.15, -0.1) is 0 Å². The van der Waals surface area contributed by atoms with Crippen molar-refractivity contribution in [3.63, 3.8) is 0 Å². The minimum atomic E-state index is -0.184. The van der Waals surface area contributed by atoms with E-state index in [9.17, 15) is 4.79 Å². The molecule has 19 heavy (non-hydrogen) atoms. The standard InChI is InChI=1S/C15H18N2O2/c1-12(10-17-9-8-16-13(17)2)15(18)19-11-14-6-4-3-5-7-14/h3-9,12H,10-11H2,1-2H3. The Morgan fingerprint density at radius 2 is 2.11 bits per heavy atom. The number of nitrogens with zero attached hydrogens (tertiary/aromatic N) is 2. The summed E-state index contributed by atoms with van der Waals surface area (Å²) < 4.78 is 7.26. The van der Waals surface area contributed by atoms with Crippen LogP contribution in [0.3, 0.4) is 0 Å². The van der Waals surface area contributed by atoms with Crippen LogP contribution < -0.4 is 0 Å². The molecule has 100 valence electrons. The highest BCUT2D eigenvalue weighted by molar-refractivity contribution is 5.71. The van der Waals surface area contributed by atoms with Gasteiger partial charge in [-0.3, -0.25) is 4.79 Å². The van der Waals surface area contributed by atoms with Crippen LogP contribution in [0.1, 0.15) is 18.3 Å². The van der Waals surface area contributed by atoms with Gasteiger partial charge in [0.05, 0.1) is 5.92 Å². The molecular weight excluding hydrogens is 240 g/mol. The normalized spacial score (nSPS) is 12.1. The summed E-state index contributed by atoms with van der Waals surface area (Å²) in [5.41, 5.74) is 1.00. The van der Waals surface area contributed by atoms with E-state index in [1.54, 1.807) is 6.20 Å². The van der Waals surface area contributed by atoms with Crippen molar-refractivity contribution in [1.82, 2.24) is 9.55 Å². The largest absolute Gasteiger partial charge is 0.461 e. The van der Waals surface area contributed by atoms with E-state index in [1.165, 1.54) is 0 Å². The maximum absolute atomic E-state index is 11.9. The first kappa shape index (κ1) is 13.3. The maximum atomic E-state index is 11.9. The van der Waals surface area contributed by atoms with Crippen LogP contribution in [0.4, 0.5) is 0 Å². The molecule has 0 fully saturated rings. The Balaban J connectivity index is 1.84. The van der Waals surface area contributed by atoms with E-state index < -0.39 is 0 Å². The van der Waals surface area contributed by atoms with Gasteiger partial charge in [0.15, 0.2) is 0 Å². The summed E-state index contributed by atoms with van der Waals surface area (Å²) in [6.45, 7) is 4.71. The van der Waals surface area contributed by atoms with Crippen LogP contribution in [0.15, 0.2) is 42.7 Å². The quantitative estimate of drug-likeness (QED) is 0.774. The van der Waals surface area contributed by atoms with Crippen LogP contribution in [0, 0.1) is 12.8 Å². The van der Waals surface area contributed by atoms with Crippen molar-refractivity contribution in [2.75, 3.05) is 0 Å². The van der Waals surface area contributed by atoms with E-state index in [2.05, 4.69) is 4.98 Å². The van der Waals surface area contributed by atoms with Gasteiger partial charge in [-0.05, 0) is 12.5 Å². The van der Waals surface area contributed by atoms with Crippen molar-refractivity contribution in [3.8, 4) is 0 Å². The van der Waals surface area contributed by atoms with Gasteiger partial charge >= 0.3 is 5.97 Å². The minimum absolute atomic E-state index is 0.183. The number of imidazole rings is 1. The van der Waals surface area contributed by atoms with E-state index in [4.69, 9.17) is 4.74 Å². The summed E-state index contributed by atoms with van der Waals surface area (Å²) in [4.78, 5) is 16.0. The summed E-state index contributed by atoms with van der Waals surface area (Å²) >= 11 is 0. The van der Waals surface area contributed by atoms with Gasteiger partial charge in [0.1, 0.15) is 12.4 Å². The summed E-state index contributed by atoms with van der Waals surface area (Å²) in [7, 11) is 0. The number of carbonyl (C=O) groups excluding carboxylic acids is 1. The molecule has 0 aliphatic carbocycles. The number of benzene rings is 1. The zero-order chi connectivity index (χ0) is 13.7. The van der Waals surface area contributed by atoms with Crippen LogP contribution in [0.5, 0.6) is 0 Å². The molecular formula is C15H18N2O2. The predicted molar refractivity (Wildman–Crippen MR) is 72.4 cm³/mol. The SMILES string of the molecule is Cc1nccn1CC(C)C(=O)OCc1ccccc1. The van der Waals surface area contributed by atoms with Crippen molar-refractivity contribution in [2.45, 2.75) is 27.0 Å². The van der Waals surface area contributed by atoms with Crippen LogP contribution in [0.2, 0.25) is 0 Å². The zero-order valence-electron chi connectivity index (χ0n) is 11.2. The van der Waals surface area contributed by atoms with E-state index >= 15 is 0 Å². The fraction of sp³-hybridized carbons (Fsp3) is 0.333. The monoisotopic (exact) mass is 258 g/mol. The lowest BCUT2D eigenvalue weighted by Gasteiger charge is -2.13. The Morgan fingerprint density at radius 3 is 2.74 bits per heavy atom. The Labute approximate surface area is 113 Å². The summed E-state index contributed by atoms with van der Waals surface area (Å²) in [6, 6.07) is 9.69. The van der Waals surface area contributed by atoms with Crippen LogP contribution in [-0.2, 0) is 22.7 Å². The molecule has 4 nitrogen and oxygen atoms in total. The third-order valence-electron chi connectivity index (χ3n) is 3.02. The number of ether oxygens (including phenoxy) is 1. The lowest BCUT2D eigenvalue weighted by Crippen LogP contribution is -2.20. The molecule has 0 spiro atoms. The lowest BCUT2D eigenvalue weighted by atomic mass is 10.2. The molecule has 1 atom stereocenters. The van der Waals surface area contributed by atoms with Gasteiger partial charge in [0.25, 0.3) is 0 Å². The molecule has 0 bridgehead atoms. The molecule has 4 heteroatoms. The first-order chi connectivity index (χ1) is 9.16. The average molecular weight is 258 g/mol. The number of rotatable bonds is 5. The number of aryl methyl sites for hydroxylation is 1. The molecule has 1 aromatic heterocycles. The van der Waals surface area contributed by atoms with Gasteiger partial charge in [0.2, 0.25) is 0 Å². The number of esters is 1. The van der Waals surface area contributed by atoms with Gasteiger partial charge < -0.3 is 9.30 Å². The minimum Gasteiger partial charge on any atom is -0.461 e. The molecule has 2 rings (SSSR count). The molecule has 0 amide bonds. The highest BCUT2D eigenvalue weighted by atomic mass is 16.5. The zero-order valence-corrected chi connectivity index (χ0v) is 11.2. The third-order valence-corrected chi connectivity index (χ3v) is 3.02. The lowest BCUT2D eigenvalue weighted by molar-refractivity contribution is -0.149. The fourth-order valence-corrected chi connectivity index (χ4v) is 1.84. The Bertz CT molecular complexity index is 534. The van der Waals surface area contributed by atoms with E-state index in [1.807, 2.05) is 54.9 Å². The fourth-order valence-electron chi connectivity index (χ4n) is 1.84. The highest BCUT2D eigenvalue weighted by Gasteiger charge is 2.15. The van der Waals surface area contributed by atoms with Crippen molar-refractivity contribution in [2.24, 2.45) is 5.92 Å². The smallest absolute Gasteiger partial charge is 0.310 e. The predicted octanol–water partition coefficient (Wildman–Crippen LogP) is 2.57. The molecule has 1 heterocycles. The van der Waals surface area contributed by atoms with E-state index in [-0.39, 0.29) is 11.9 Å². The Morgan fingerprint density at radius 1 is 1.37 bits per heavy atom. The van der Waals surface area contributed by atoms with Crippen molar-refractivity contribution < 1.29 is 9.53 Å². The molecule has 0 aliphatic rings. The van der Waals surface area contributed by atoms with E-state index in [0.29, 0.717) is 13.2 Å². The molecule has 2 aromatic rings. The highest BCUT2D eigenvalue weighted by Crippen LogP contribution is 2.08. The first-order valence-corrected chi connectivity index (χ1v) is 6.35. The number of hydrogen-bond acceptors (Lipinski definition) is 3. The number of hydrogen-bond donors (Lipinski definition) is 0. The van der Waals surface area contributed by atoms with Gasteiger partial charge in [0, 0.05) is 18.9 Å². The Hall–Kier alpha value is -2.10. The van der Waals surface area contributed by atoms with E-state index in [0.717, 1.165) is 11.4 Å². The van der Waals surface area contributed by atoms with Gasteiger partial charge in [-0.2, -0.15) is 0 Å². The van der Waals surface area contributed by atoms with Gasteiger partial charge in [-0.1, -0.05) is 37.3 Å². The first-order valence-electron chi connectivity index (χ1n) is 6.35. The summed E-state index contributed by atoms with van der Waals surface area (Å²) in [5.74, 6) is 0.538.